The third-order valence-electron chi connectivity index (χ3n) is 5.88. The molecule has 3 aromatic rings. The summed E-state index contributed by atoms with van der Waals surface area (Å²) >= 11 is 6.24. The van der Waals surface area contributed by atoms with E-state index in [-0.39, 0.29) is 5.69 Å². The second-order valence-electron chi connectivity index (χ2n) is 8.31. The highest BCUT2D eigenvalue weighted by atomic mass is 35.5. The molecule has 0 aliphatic carbocycles. The molecule has 1 saturated heterocycles. The van der Waals surface area contributed by atoms with Crippen molar-refractivity contribution in [3.8, 4) is 11.1 Å². The number of carbonyl (C=O) groups is 3. The molecule has 1 amide bonds. The van der Waals surface area contributed by atoms with Gasteiger partial charge >= 0.3 is 18.0 Å². The van der Waals surface area contributed by atoms with Crippen molar-refractivity contribution < 1.29 is 29.1 Å². The van der Waals surface area contributed by atoms with E-state index >= 15 is 0 Å². The van der Waals surface area contributed by atoms with Gasteiger partial charge in [-0.05, 0) is 36.1 Å². The van der Waals surface area contributed by atoms with E-state index in [1.807, 2.05) is 30.3 Å². The molecule has 0 aromatic heterocycles. The second-order valence-corrected chi connectivity index (χ2v) is 8.72. The molecule has 36 heavy (non-hydrogen) atoms. The van der Waals surface area contributed by atoms with Gasteiger partial charge in [-0.1, -0.05) is 78.3 Å². The SMILES string of the molecule is O=C(OC1CCN(Cc2ccccc2Cl)CC1)C(=O)ON(C(=O)O)c1ccccc1-c1ccccc1. The topological polar surface area (TPSA) is 96.4 Å². The van der Waals surface area contributed by atoms with E-state index in [1.165, 1.54) is 6.07 Å². The molecule has 1 N–H and O–H groups in total. The van der Waals surface area contributed by atoms with Crippen LogP contribution in [0.1, 0.15) is 18.4 Å². The van der Waals surface area contributed by atoms with Crippen molar-refractivity contribution >= 4 is 35.3 Å². The second kappa shape index (κ2) is 11.7. The Kier molecular flexibility index (Phi) is 8.20. The summed E-state index contributed by atoms with van der Waals surface area (Å²) in [6, 6.07) is 23.2. The Morgan fingerprint density at radius 3 is 2.22 bits per heavy atom. The summed E-state index contributed by atoms with van der Waals surface area (Å²) in [5.41, 5.74) is 2.36. The van der Waals surface area contributed by atoms with Gasteiger partial charge in [0.25, 0.3) is 0 Å². The molecule has 1 fully saturated rings. The molecule has 1 aliphatic rings. The first-order chi connectivity index (χ1) is 17.4. The van der Waals surface area contributed by atoms with Crippen LogP contribution in [0.3, 0.4) is 0 Å². The van der Waals surface area contributed by atoms with Crippen molar-refractivity contribution in [2.24, 2.45) is 0 Å². The number of esters is 1. The zero-order valence-electron chi connectivity index (χ0n) is 19.4. The summed E-state index contributed by atoms with van der Waals surface area (Å²) in [5.74, 6) is -2.64. The number of ether oxygens (including phenoxy) is 1. The predicted molar refractivity (Wildman–Crippen MR) is 134 cm³/mol. The van der Waals surface area contributed by atoms with E-state index in [4.69, 9.17) is 21.2 Å². The lowest BCUT2D eigenvalue weighted by Gasteiger charge is -2.31. The number of benzene rings is 3. The standard InChI is InChI=1S/C27H25ClN2O6/c28-23-12-6-4-10-20(23)18-29-16-14-21(15-17-29)35-25(31)26(32)36-30(27(33)34)24-13-7-5-11-22(24)19-8-2-1-3-9-19/h1-13,21H,14-18H2,(H,33,34). The molecule has 0 atom stereocenters. The van der Waals surface area contributed by atoms with Gasteiger partial charge in [0.05, 0.1) is 5.69 Å². The summed E-state index contributed by atoms with van der Waals surface area (Å²) < 4.78 is 5.32. The number of piperidine rings is 1. The smallest absolute Gasteiger partial charge is 0.445 e. The fourth-order valence-corrected chi connectivity index (χ4v) is 4.27. The van der Waals surface area contributed by atoms with Crippen molar-refractivity contribution in [3.63, 3.8) is 0 Å². The van der Waals surface area contributed by atoms with Crippen LogP contribution < -0.4 is 5.06 Å². The maximum Gasteiger partial charge on any atom is 0.445 e. The summed E-state index contributed by atoms with van der Waals surface area (Å²) in [6.07, 6.45) is -0.957. The third-order valence-corrected chi connectivity index (χ3v) is 6.25. The van der Waals surface area contributed by atoms with Gasteiger partial charge in [0.15, 0.2) is 0 Å². The summed E-state index contributed by atoms with van der Waals surface area (Å²) in [5, 5.41) is 10.8. The molecule has 1 heterocycles. The quantitative estimate of drug-likeness (QED) is 0.289. The fraction of sp³-hybridized carbons (Fsp3) is 0.222. The number of hydrogen-bond acceptors (Lipinski definition) is 6. The average molecular weight is 509 g/mol. The molecule has 1 aliphatic heterocycles. The molecule has 9 heteroatoms. The minimum absolute atomic E-state index is 0.102. The van der Waals surface area contributed by atoms with E-state index in [2.05, 4.69) is 4.90 Å². The number of para-hydroxylation sites is 1. The number of halogens is 1. The van der Waals surface area contributed by atoms with Gasteiger partial charge < -0.3 is 14.7 Å². The number of hydrogen-bond donors (Lipinski definition) is 1. The lowest BCUT2D eigenvalue weighted by atomic mass is 10.0. The van der Waals surface area contributed by atoms with Crippen LogP contribution in [-0.4, -0.2) is 47.2 Å². The Labute approximate surface area is 213 Å². The van der Waals surface area contributed by atoms with Crippen molar-refractivity contribution in [2.45, 2.75) is 25.5 Å². The average Bonchev–Trinajstić information content (AvgIpc) is 2.90. The molecule has 186 valence electrons. The minimum Gasteiger partial charge on any atom is -0.463 e. The van der Waals surface area contributed by atoms with E-state index in [0.717, 1.165) is 11.1 Å². The molecule has 0 spiro atoms. The Balaban J connectivity index is 1.35. The van der Waals surface area contributed by atoms with Gasteiger partial charge in [0.1, 0.15) is 6.10 Å². The number of hydroxylamine groups is 1. The number of nitrogens with zero attached hydrogens (tertiary/aromatic N) is 2. The first-order valence-corrected chi connectivity index (χ1v) is 11.9. The highest BCUT2D eigenvalue weighted by Gasteiger charge is 2.31. The van der Waals surface area contributed by atoms with Gasteiger partial charge in [-0.25, -0.2) is 14.4 Å². The van der Waals surface area contributed by atoms with Crippen LogP contribution in [0.25, 0.3) is 11.1 Å². The van der Waals surface area contributed by atoms with Gasteiger partial charge in [0, 0.05) is 30.2 Å². The van der Waals surface area contributed by atoms with Gasteiger partial charge in [-0.15, -0.1) is 5.06 Å². The van der Waals surface area contributed by atoms with Crippen LogP contribution in [0.2, 0.25) is 5.02 Å². The van der Waals surface area contributed by atoms with E-state index in [0.29, 0.717) is 48.1 Å². The van der Waals surface area contributed by atoms with E-state index < -0.39 is 24.1 Å². The lowest BCUT2D eigenvalue weighted by Crippen LogP contribution is -2.40. The summed E-state index contributed by atoms with van der Waals surface area (Å²) in [7, 11) is 0. The Bertz CT molecular complexity index is 1230. The molecular formula is C27H25ClN2O6. The minimum atomic E-state index is -1.55. The number of amides is 1. The normalized spacial score (nSPS) is 14.1. The number of rotatable bonds is 5. The summed E-state index contributed by atoms with van der Waals surface area (Å²) in [6.45, 7) is 1.99. The van der Waals surface area contributed by atoms with E-state index in [1.54, 1.807) is 42.5 Å². The molecule has 0 bridgehead atoms. The molecule has 0 saturated carbocycles. The Morgan fingerprint density at radius 1 is 0.889 bits per heavy atom. The van der Waals surface area contributed by atoms with Gasteiger partial charge in [0.2, 0.25) is 0 Å². The van der Waals surface area contributed by atoms with Crippen molar-refractivity contribution in [1.29, 1.82) is 0 Å². The predicted octanol–water partition coefficient (Wildman–Crippen LogP) is 5.16. The number of likely N-dealkylation sites (tertiary alicyclic amines) is 1. The van der Waals surface area contributed by atoms with Gasteiger partial charge in [-0.2, -0.15) is 0 Å². The number of carboxylic acid groups (broad SMARTS) is 1. The van der Waals surface area contributed by atoms with Crippen LogP contribution in [0.15, 0.2) is 78.9 Å². The van der Waals surface area contributed by atoms with Crippen LogP contribution in [0, 0.1) is 0 Å². The van der Waals surface area contributed by atoms with Crippen LogP contribution in [0.5, 0.6) is 0 Å². The molecule has 4 rings (SSSR count). The van der Waals surface area contributed by atoms with Gasteiger partial charge in [-0.3, -0.25) is 4.90 Å². The maximum atomic E-state index is 12.5. The zero-order chi connectivity index (χ0) is 25.5. The number of carbonyl (C=O) groups excluding carboxylic acids is 2. The van der Waals surface area contributed by atoms with Crippen LogP contribution in [0.4, 0.5) is 10.5 Å². The first-order valence-electron chi connectivity index (χ1n) is 11.5. The largest absolute Gasteiger partial charge is 0.463 e. The molecular weight excluding hydrogens is 484 g/mol. The zero-order valence-corrected chi connectivity index (χ0v) is 20.1. The molecule has 3 aromatic carbocycles. The third kappa shape index (κ3) is 6.21. The molecule has 0 radical (unpaired) electrons. The van der Waals surface area contributed by atoms with E-state index in [9.17, 15) is 19.5 Å². The highest BCUT2D eigenvalue weighted by molar-refractivity contribution is 6.31. The monoisotopic (exact) mass is 508 g/mol. The first kappa shape index (κ1) is 25.2. The van der Waals surface area contributed by atoms with Crippen molar-refractivity contribution in [2.75, 3.05) is 18.2 Å². The van der Waals surface area contributed by atoms with Crippen LogP contribution in [-0.2, 0) is 25.7 Å². The molecule has 8 nitrogen and oxygen atoms in total. The van der Waals surface area contributed by atoms with Crippen molar-refractivity contribution in [3.05, 3.63) is 89.4 Å². The highest BCUT2D eigenvalue weighted by Crippen LogP contribution is 2.31. The van der Waals surface area contributed by atoms with Crippen molar-refractivity contribution in [1.82, 2.24) is 4.90 Å². The Morgan fingerprint density at radius 2 is 1.53 bits per heavy atom. The summed E-state index contributed by atoms with van der Waals surface area (Å²) in [4.78, 5) is 44.0. The van der Waals surface area contributed by atoms with Crippen LogP contribution >= 0.6 is 11.6 Å². The number of anilines is 1. The lowest BCUT2D eigenvalue weighted by molar-refractivity contribution is -0.172. The fourth-order valence-electron chi connectivity index (χ4n) is 4.08. The Hall–Kier alpha value is -3.88. The maximum absolute atomic E-state index is 12.5. The molecule has 0 unspecified atom stereocenters.